The van der Waals surface area contributed by atoms with Gasteiger partial charge in [0.2, 0.25) is 0 Å². The van der Waals surface area contributed by atoms with Crippen molar-refractivity contribution >= 4 is 51.4 Å². The molecule has 0 spiro atoms. The number of rotatable bonds is 9. The predicted octanol–water partition coefficient (Wildman–Crippen LogP) is 2.79. The number of hydrogen-bond donors (Lipinski definition) is 2. The Morgan fingerprint density at radius 1 is 1.30 bits per heavy atom. The lowest BCUT2D eigenvalue weighted by Gasteiger charge is -2.33. The summed E-state index contributed by atoms with van der Waals surface area (Å²) in [6.45, 7) is 7.74. The highest BCUT2D eigenvalue weighted by molar-refractivity contribution is 14.0. The Bertz CT molecular complexity index is 754. The van der Waals surface area contributed by atoms with Gasteiger partial charge in [0.15, 0.2) is 5.96 Å². The molecule has 1 fully saturated rings. The summed E-state index contributed by atoms with van der Waals surface area (Å²) in [4.78, 5) is 6.87. The summed E-state index contributed by atoms with van der Waals surface area (Å²) >= 11 is 5.90. The molecule has 1 aliphatic heterocycles. The maximum absolute atomic E-state index is 11.3. The first-order chi connectivity index (χ1) is 13.7. The molecule has 1 atom stereocenters. The minimum atomic E-state index is -2.91. The van der Waals surface area contributed by atoms with E-state index in [1.165, 1.54) is 6.26 Å². The summed E-state index contributed by atoms with van der Waals surface area (Å²) in [5.41, 5.74) is 0. The number of guanidine groups is 1. The Balaban J connectivity index is 0.00000450. The second-order valence-electron chi connectivity index (χ2n) is 7.49. The molecule has 0 amide bonds. The van der Waals surface area contributed by atoms with E-state index in [0.29, 0.717) is 24.2 Å². The van der Waals surface area contributed by atoms with Gasteiger partial charge in [-0.2, -0.15) is 0 Å². The van der Waals surface area contributed by atoms with Crippen LogP contribution in [0.2, 0.25) is 5.02 Å². The predicted molar refractivity (Wildman–Crippen MR) is 135 cm³/mol. The summed E-state index contributed by atoms with van der Waals surface area (Å²) in [6, 6.07) is 7.64. The first-order valence-electron chi connectivity index (χ1n) is 10.1. The Morgan fingerprint density at radius 2 is 1.93 bits per heavy atom. The molecule has 1 saturated heterocycles. The van der Waals surface area contributed by atoms with Crippen molar-refractivity contribution in [3.05, 3.63) is 29.3 Å². The summed E-state index contributed by atoms with van der Waals surface area (Å²) in [7, 11) is -2.91. The van der Waals surface area contributed by atoms with Gasteiger partial charge in [0.05, 0.1) is 12.3 Å². The molecule has 1 aromatic rings. The molecule has 1 heterocycles. The summed E-state index contributed by atoms with van der Waals surface area (Å²) in [5.74, 6) is 1.78. The van der Waals surface area contributed by atoms with Crippen molar-refractivity contribution in [3.8, 4) is 5.75 Å². The van der Waals surface area contributed by atoms with Crippen LogP contribution in [0.5, 0.6) is 5.75 Å². The molecule has 1 unspecified atom stereocenters. The van der Waals surface area contributed by atoms with Crippen LogP contribution >= 0.6 is 35.6 Å². The number of ether oxygens (including phenoxy) is 1. The minimum absolute atomic E-state index is 0. The third kappa shape index (κ3) is 11.0. The monoisotopic (exact) mass is 572 g/mol. The Hall–Kier alpha value is -0.780. The van der Waals surface area contributed by atoms with Crippen LogP contribution in [0.25, 0.3) is 0 Å². The third-order valence-electron chi connectivity index (χ3n) is 4.71. The molecule has 2 N–H and O–H groups in total. The molecule has 2 rings (SSSR count). The van der Waals surface area contributed by atoms with E-state index in [4.69, 9.17) is 16.3 Å². The van der Waals surface area contributed by atoms with E-state index >= 15 is 0 Å². The molecule has 0 radical (unpaired) electrons. The average Bonchev–Trinajstić information content (AvgIpc) is 2.67. The van der Waals surface area contributed by atoms with Crippen molar-refractivity contribution in [1.82, 2.24) is 15.5 Å². The molecular weight excluding hydrogens is 539 g/mol. The number of hydrogen-bond acceptors (Lipinski definition) is 5. The number of likely N-dealkylation sites (tertiary alicyclic amines) is 1. The molecular formula is C20H34ClIN4O3S. The molecule has 7 nitrogen and oxygen atoms in total. The molecule has 0 saturated carbocycles. The number of halogens is 2. The van der Waals surface area contributed by atoms with E-state index in [-0.39, 0.29) is 35.8 Å². The van der Waals surface area contributed by atoms with Gasteiger partial charge in [-0.15, -0.1) is 24.0 Å². The lowest BCUT2D eigenvalue weighted by Crippen LogP contribution is -2.49. The number of sulfone groups is 1. The second-order valence-corrected chi connectivity index (χ2v) is 10.2. The topological polar surface area (TPSA) is 83.0 Å². The summed E-state index contributed by atoms with van der Waals surface area (Å²) in [6.07, 6.45) is 3.15. The van der Waals surface area contributed by atoms with E-state index in [1.807, 2.05) is 26.0 Å². The van der Waals surface area contributed by atoms with Crippen LogP contribution in [-0.4, -0.2) is 76.2 Å². The zero-order valence-corrected chi connectivity index (χ0v) is 21.8. The van der Waals surface area contributed by atoms with Gasteiger partial charge in [0, 0.05) is 43.5 Å². The van der Waals surface area contributed by atoms with Crippen LogP contribution in [0.3, 0.4) is 0 Å². The van der Waals surface area contributed by atoms with Crippen molar-refractivity contribution in [3.63, 3.8) is 0 Å². The first-order valence-corrected chi connectivity index (χ1v) is 12.6. The molecule has 1 aromatic carbocycles. The number of nitrogens with one attached hydrogen (secondary N) is 2. The smallest absolute Gasteiger partial charge is 0.191 e. The van der Waals surface area contributed by atoms with Crippen molar-refractivity contribution in [2.24, 2.45) is 4.99 Å². The van der Waals surface area contributed by atoms with Crippen LogP contribution in [0.1, 0.15) is 26.7 Å². The van der Waals surface area contributed by atoms with Crippen LogP contribution in [0, 0.1) is 0 Å². The molecule has 1 aliphatic rings. The third-order valence-corrected chi connectivity index (χ3v) is 5.88. The van der Waals surface area contributed by atoms with E-state index in [0.717, 1.165) is 44.2 Å². The Labute approximate surface area is 202 Å². The standard InChI is InChI=1S/C20H33ClN4O3S.HI/c1-4-22-20(23-15-16(2)28-19-7-5-17(21)6-8-19)24-18-9-11-25(12-10-18)13-14-29(3,26)27;/h5-8,16,18H,4,9-15H2,1-3H3,(H2,22,23,24);1H. The quantitative estimate of drug-likeness (QED) is 0.269. The largest absolute Gasteiger partial charge is 0.489 e. The number of aliphatic imine (C=N–C) groups is 1. The molecule has 30 heavy (non-hydrogen) atoms. The second kappa shape index (κ2) is 13.6. The first kappa shape index (κ1) is 27.3. The summed E-state index contributed by atoms with van der Waals surface area (Å²) in [5, 5.41) is 7.47. The van der Waals surface area contributed by atoms with Gasteiger partial charge in [-0.25, -0.2) is 13.4 Å². The highest BCUT2D eigenvalue weighted by Crippen LogP contribution is 2.17. The fourth-order valence-electron chi connectivity index (χ4n) is 3.11. The Kier molecular flexibility index (Phi) is 12.3. The summed E-state index contributed by atoms with van der Waals surface area (Å²) < 4.78 is 28.5. The van der Waals surface area contributed by atoms with E-state index < -0.39 is 9.84 Å². The van der Waals surface area contributed by atoms with E-state index in [2.05, 4.69) is 20.5 Å². The lowest BCUT2D eigenvalue weighted by molar-refractivity contribution is 0.215. The van der Waals surface area contributed by atoms with Gasteiger partial charge in [-0.1, -0.05) is 11.6 Å². The molecule has 10 heteroatoms. The molecule has 172 valence electrons. The van der Waals surface area contributed by atoms with Crippen LogP contribution in [-0.2, 0) is 9.84 Å². The van der Waals surface area contributed by atoms with Gasteiger partial charge in [0.1, 0.15) is 21.7 Å². The van der Waals surface area contributed by atoms with Crippen LogP contribution < -0.4 is 15.4 Å². The zero-order valence-electron chi connectivity index (χ0n) is 17.9. The fraction of sp³-hybridized carbons (Fsp3) is 0.650. The number of nitrogens with zero attached hydrogens (tertiary/aromatic N) is 2. The SMILES string of the molecule is CCNC(=NCC(C)Oc1ccc(Cl)cc1)NC1CCN(CCS(C)(=O)=O)CC1.I. The minimum Gasteiger partial charge on any atom is -0.489 e. The van der Waals surface area contributed by atoms with Crippen LogP contribution in [0.15, 0.2) is 29.3 Å². The Morgan fingerprint density at radius 3 is 2.50 bits per heavy atom. The lowest BCUT2D eigenvalue weighted by atomic mass is 10.1. The van der Waals surface area contributed by atoms with Gasteiger partial charge in [-0.05, 0) is 51.0 Å². The van der Waals surface area contributed by atoms with E-state index in [9.17, 15) is 8.42 Å². The van der Waals surface area contributed by atoms with Gasteiger partial charge >= 0.3 is 0 Å². The molecule has 0 bridgehead atoms. The van der Waals surface area contributed by atoms with Crippen molar-refractivity contribution in [2.75, 3.05) is 44.7 Å². The van der Waals surface area contributed by atoms with Crippen molar-refractivity contribution in [2.45, 2.75) is 38.8 Å². The maximum Gasteiger partial charge on any atom is 0.191 e. The van der Waals surface area contributed by atoms with Gasteiger partial charge < -0.3 is 20.3 Å². The normalized spacial score (nSPS) is 17.1. The maximum atomic E-state index is 11.3. The van der Waals surface area contributed by atoms with E-state index in [1.54, 1.807) is 12.1 Å². The van der Waals surface area contributed by atoms with Crippen LogP contribution in [0.4, 0.5) is 0 Å². The molecule has 0 aromatic heterocycles. The highest BCUT2D eigenvalue weighted by atomic mass is 127. The number of piperidine rings is 1. The molecule has 0 aliphatic carbocycles. The average molecular weight is 573 g/mol. The zero-order chi connectivity index (χ0) is 21.3. The van der Waals surface area contributed by atoms with Gasteiger partial charge in [-0.3, -0.25) is 0 Å². The van der Waals surface area contributed by atoms with Crippen molar-refractivity contribution in [1.29, 1.82) is 0 Å². The van der Waals surface area contributed by atoms with Gasteiger partial charge in [0.25, 0.3) is 0 Å². The number of benzene rings is 1. The highest BCUT2D eigenvalue weighted by Gasteiger charge is 2.20. The fourth-order valence-corrected chi connectivity index (χ4v) is 3.83. The van der Waals surface area contributed by atoms with Crippen molar-refractivity contribution < 1.29 is 13.2 Å².